The van der Waals surface area contributed by atoms with Crippen molar-refractivity contribution in [3.63, 3.8) is 0 Å². The van der Waals surface area contributed by atoms with Crippen LogP contribution in [0, 0.1) is 0 Å². The molecule has 0 saturated carbocycles. The van der Waals surface area contributed by atoms with Crippen LogP contribution in [0.2, 0.25) is 5.15 Å². The number of amides is 1. The van der Waals surface area contributed by atoms with Gasteiger partial charge in [-0.3, -0.25) is 13.7 Å². The molecule has 1 amide bonds. The van der Waals surface area contributed by atoms with Gasteiger partial charge in [-0.25, -0.2) is 15.0 Å². The Kier molecular flexibility index (Phi) is 5.54. The lowest BCUT2D eigenvalue weighted by Crippen LogP contribution is -2.63. The van der Waals surface area contributed by atoms with Gasteiger partial charge in [-0.05, 0) is 26.3 Å². The summed E-state index contributed by atoms with van der Waals surface area (Å²) < 4.78 is 13.3. The molecule has 0 spiro atoms. The highest BCUT2D eigenvalue weighted by molar-refractivity contribution is 7.88. The van der Waals surface area contributed by atoms with E-state index in [1.54, 1.807) is 17.2 Å². The van der Waals surface area contributed by atoms with Gasteiger partial charge in [0.15, 0.2) is 5.15 Å². The zero-order chi connectivity index (χ0) is 26.3. The van der Waals surface area contributed by atoms with E-state index in [0.717, 1.165) is 33.9 Å². The van der Waals surface area contributed by atoms with Crippen molar-refractivity contribution in [2.75, 3.05) is 41.7 Å². The number of aryl methyl sites for hydroxylation is 1. The van der Waals surface area contributed by atoms with Crippen molar-refractivity contribution in [1.82, 2.24) is 29.6 Å². The van der Waals surface area contributed by atoms with Crippen LogP contribution in [0.3, 0.4) is 0 Å². The number of rotatable bonds is 3. The molecule has 12 heteroatoms. The fraction of sp³-hybridized carbons (Fsp3) is 0.560. The van der Waals surface area contributed by atoms with Gasteiger partial charge in [0.25, 0.3) is 0 Å². The Hall–Kier alpha value is -2.79. The molecule has 10 nitrogen and oxygen atoms in total. The first-order chi connectivity index (χ1) is 17.5. The molecular weight excluding hydrogens is 512 g/mol. The number of carbonyl (C=O) groups excluding carboxylic acids is 1. The van der Waals surface area contributed by atoms with Crippen molar-refractivity contribution in [3.8, 4) is 0 Å². The number of fused-ring (bicyclic) bond motifs is 2. The van der Waals surface area contributed by atoms with E-state index in [1.165, 1.54) is 0 Å². The van der Waals surface area contributed by atoms with Crippen molar-refractivity contribution < 1.29 is 9.00 Å². The number of carbonyl (C=O) groups is 1. The molecule has 6 heterocycles. The van der Waals surface area contributed by atoms with Gasteiger partial charge >= 0.3 is 0 Å². The first-order valence-corrected chi connectivity index (χ1v) is 14.3. The number of hydrogen-bond donors (Lipinski definition) is 0. The van der Waals surface area contributed by atoms with Crippen molar-refractivity contribution >= 4 is 56.7 Å². The van der Waals surface area contributed by atoms with Crippen LogP contribution < -0.4 is 9.80 Å². The number of anilines is 3. The molecule has 3 aromatic rings. The number of hydrogen-bond acceptors (Lipinski definition) is 8. The van der Waals surface area contributed by atoms with Crippen LogP contribution in [-0.4, -0.2) is 82.5 Å². The monoisotopic (exact) mass is 542 g/mol. The normalized spacial score (nSPS) is 26.9. The Morgan fingerprint density at radius 1 is 1.16 bits per heavy atom. The SMILES string of the molecule is CC1CN(c2ncnc3c2C(C)(C)CN3c2cc3c(Cl)nn(C)c3cn2)CCN1C(=O)C1(C)CCS1=O. The van der Waals surface area contributed by atoms with Crippen molar-refractivity contribution in [2.24, 2.45) is 7.05 Å². The van der Waals surface area contributed by atoms with Crippen molar-refractivity contribution in [3.05, 3.63) is 29.3 Å². The molecule has 6 rings (SSSR count). The Morgan fingerprint density at radius 2 is 1.92 bits per heavy atom. The predicted octanol–water partition coefficient (Wildman–Crippen LogP) is 2.79. The quantitative estimate of drug-likeness (QED) is 0.498. The smallest absolute Gasteiger partial charge is 0.241 e. The van der Waals surface area contributed by atoms with E-state index >= 15 is 0 Å². The van der Waals surface area contributed by atoms with Crippen LogP contribution >= 0.6 is 11.6 Å². The highest BCUT2D eigenvalue weighted by Gasteiger charge is 2.50. The third-order valence-corrected chi connectivity index (χ3v) is 10.4. The fourth-order valence-corrected chi connectivity index (χ4v) is 7.41. The van der Waals surface area contributed by atoms with Gasteiger partial charge in [-0.1, -0.05) is 25.4 Å². The molecule has 0 bridgehead atoms. The average molecular weight is 543 g/mol. The van der Waals surface area contributed by atoms with Gasteiger partial charge in [-0.2, -0.15) is 5.10 Å². The minimum absolute atomic E-state index is 0.0131. The number of piperazine rings is 1. The molecule has 3 unspecified atom stereocenters. The first-order valence-electron chi connectivity index (χ1n) is 12.6. The van der Waals surface area contributed by atoms with Gasteiger partial charge in [0, 0.05) is 72.2 Å². The molecule has 3 atom stereocenters. The Balaban J connectivity index is 1.31. The van der Waals surface area contributed by atoms with Crippen LogP contribution in [0.5, 0.6) is 0 Å². The summed E-state index contributed by atoms with van der Waals surface area (Å²) in [6.45, 7) is 10.9. The van der Waals surface area contributed by atoms with E-state index in [-0.39, 0.29) is 17.4 Å². The molecule has 37 heavy (non-hydrogen) atoms. The highest BCUT2D eigenvalue weighted by atomic mass is 35.5. The van der Waals surface area contributed by atoms with Gasteiger partial charge in [0.1, 0.15) is 28.5 Å². The summed E-state index contributed by atoms with van der Waals surface area (Å²) in [6, 6.07) is 1.95. The Labute approximate surface area is 223 Å². The zero-order valence-corrected chi connectivity index (χ0v) is 23.3. The van der Waals surface area contributed by atoms with E-state index in [9.17, 15) is 9.00 Å². The fourth-order valence-electron chi connectivity index (χ4n) is 5.85. The molecule has 3 aliphatic heterocycles. The molecule has 0 aliphatic carbocycles. The number of nitrogens with zero attached hydrogens (tertiary/aromatic N) is 8. The second-order valence-electron chi connectivity index (χ2n) is 11.2. The van der Waals surface area contributed by atoms with Gasteiger partial charge in [0.05, 0.1) is 11.7 Å². The summed E-state index contributed by atoms with van der Waals surface area (Å²) in [4.78, 5) is 33.7. The maximum Gasteiger partial charge on any atom is 0.241 e. The van der Waals surface area contributed by atoms with Crippen molar-refractivity contribution in [1.29, 1.82) is 0 Å². The second kappa shape index (κ2) is 8.36. The molecule has 0 radical (unpaired) electrons. The van der Waals surface area contributed by atoms with Gasteiger partial charge < -0.3 is 14.7 Å². The van der Waals surface area contributed by atoms with Crippen LogP contribution in [-0.2, 0) is 28.1 Å². The Bertz CT molecular complexity index is 1460. The average Bonchev–Trinajstić information content (AvgIpc) is 3.33. The maximum atomic E-state index is 13.2. The number of pyridine rings is 1. The van der Waals surface area contributed by atoms with E-state index in [2.05, 4.69) is 35.7 Å². The topological polar surface area (TPSA) is 100 Å². The predicted molar refractivity (Wildman–Crippen MR) is 145 cm³/mol. The third kappa shape index (κ3) is 3.64. The van der Waals surface area contributed by atoms with Crippen LogP contribution in [0.25, 0.3) is 10.9 Å². The molecule has 3 aromatic heterocycles. The van der Waals surface area contributed by atoms with Crippen LogP contribution in [0.1, 0.15) is 39.7 Å². The first kappa shape index (κ1) is 24.5. The molecular formula is C25H31ClN8O2S. The summed E-state index contributed by atoms with van der Waals surface area (Å²) >= 11 is 6.38. The molecule has 2 fully saturated rings. The minimum Gasteiger partial charge on any atom is -0.352 e. The summed E-state index contributed by atoms with van der Waals surface area (Å²) in [5.74, 6) is 3.13. The largest absolute Gasteiger partial charge is 0.352 e. The highest BCUT2D eigenvalue weighted by Crippen LogP contribution is 2.47. The third-order valence-electron chi connectivity index (χ3n) is 8.15. The molecule has 3 aliphatic rings. The minimum atomic E-state index is -1.08. The molecule has 0 aromatic carbocycles. The standard InChI is InChI=1S/C25H31ClN8O2S/c1-15-12-32(7-8-33(15)23(35)25(4)6-9-37(25)36)21-19-22(29-14-28-21)34(13-24(19,2)3)18-10-16-17(11-27-18)31(5)30-20(16)26/h10-11,14-15H,6-9,12-13H2,1-5H3. The molecule has 196 valence electrons. The van der Waals surface area contributed by atoms with E-state index in [0.29, 0.717) is 43.5 Å². The summed E-state index contributed by atoms with van der Waals surface area (Å²) in [5, 5.41) is 5.61. The summed E-state index contributed by atoms with van der Waals surface area (Å²) in [5.41, 5.74) is 1.72. The van der Waals surface area contributed by atoms with E-state index in [1.807, 2.05) is 24.9 Å². The molecule has 0 N–H and O–H groups in total. The lowest BCUT2D eigenvalue weighted by Gasteiger charge is -2.46. The van der Waals surface area contributed by atoms with Crippen LogP contribution in [0.15, 0.2) is 18.6 Å². The summed E-state index contributed by atoms with van der Waals surface area (Å²) in [6.07, 6.45) is 4.10. The lowest BCUT2D eigenvalue weighted by atomic mass is 9.87. The summed E-state index contributed by atoms with van der Waals surface area (Å²) in [7, 11) is 0.772. The molecule has 2 saturated heterocycles. The van der Waals surface area contributed by atoms with Crippen LogP contribution in [0.4, 0.5) is 17.5 Å². The second-order valence-corrected chi connectivity index (χ2v) is 13.5. The lowest BCUT2D eigenvalue weighted by molar-refractivity contribution is -0.136. The van der Waals surface area contributed by atoms with Crippen molar-refractivity contribution in [2.45, 2.75) is 50.3 Å². The maximum absolute atomic E-state index is 13.2. The number of aromatic nitrogens is 5. The number of halogens is 1. The zero-order valence-electron chi connectivity index (χ0n) is 21.7. The Morgan fingerprint density at radius 3 is 2.59 bits per heavy atom. The van der Waals surface area contributed by atoms with E-state index in [4.69, 9.17) is 26.6 Å². The van der Waals surface area contributed by atoms with E-state index < -0.39 is 15.5 Å². The van der Waals surface area contributed by atoms with Gasteiger partial charge in [0.2, 0.25) is 5.91 Å². The van der Waals surface area contributed by atoms with Gasteiger partial charge in [-0.15, -0.1) is 0 Å².